The van der Waals surface area contributed by atoms with Gasteiger partial charge in [-0.3, -0.25) is 4.79 Å². The SMILES string of the molecule is Cc1cc(=O)cc(-c2ccccc2O)[nH]1. The number of aromatic hydroxyl groups is 1. The van der Waals surface area contributed by atoms with E-state index in [4.69, 9.17) is 0 Å². The van der Waals surface area contributed by atoms with E-state index in [1.165, 1.54) is 12.1 Å². The Hall–Kier alpha value is -2.03. The standard InChI is InChI=1S/C12H11NO2/c1-8-6-9(14)7-11(13-8)10-4-2-3-5-12(10)15/h2-7,15H,1H3,(H,13,14). The number of phenolic OH excluding ortho intramolecular Hbond substituents is 1. The molecular formula is C12H11NO2. The van der Waals surface area contributed by atoms with E-state index in [0.717, 1.165) is 5.69 Å². The van der Waals surface area contributed by atoms with Crippen molar-refractivity contribution in [2.75, 3.05) is 0 Å². The van der Waals surface area contributed by atoms with E-state index in [2.05, 4.69) is 4.98 Å². The van der Waals surface area contributed by atoms with Gasteiger partial charge in [-0.15, -0.1) is 0 Å². The van der Waals surface area contributed by atoms with Crippen LogP contribution in [0.5, 0.6) is 5.75 Å². The molecule has 2 rings (SSSR count). The molecule has 0 radical (unpaired) electrons. The molecule has 3 heteroatoms. The van der Waals surface area contributed by atoms with E-state index in [9.17, 15) is 9.90 Å². The molecule has 0 unspecified atom stereocenters. The van der Waals surface area contributed by atoms with Crippen LogP contribution in [0.4, 0.5) is 0 Å². The van der Waals surface area contributed by atoms with Gasteiger partial charge >= 0.3 is 0 Å². The molecule has 0 spiro atoms. The smallest absolute Gasteiger partial charge is 0.182 e. The number of pyridine rings is 1. The number of hydrogen-bond donors (Lipinski definition) is 2. The van der Waals surface area contributed by atoms with E-state index in [1.54, 1.807) is 18.2 Å². The van der Waals surface area contributed by atoms with Crippen molar-refractivity contribution in [2.24, 2.45) is 0 Å². The number of para-hydroxylation sites is 1. The topological polar surface area (TPSA) is 53.1 Å². The van der Waals surface area contributed by atoms with Crippen molar-refractivity contribution in [3.05, 3.63) is 52.3 Å². The van der Waals surface area contributed by atoms with Crippen LogP contribution in [0.2, 0.25) is 0 Å². The third-order valence-electron chi connectivity index (χ3n) is 2.17. The summed E-state index contributed by atoms with van der Waals surface area (Å²) < 4.78 is 0. The van der Waals surface area contributed by atoms with Crippen LogP contribution in [0.15, 0.2) is 41.2 Å². The number of aryl methyl sites for hydroxylation is 1. The molecular weight excluding hydrogens is 190 g/mol. The highest BCUT2D eigenvalue weighted by atomic mass is 16.3. The van der Waals surface area contributed by atoms with E-state index in [0.29, 0.717) is 11.3 Å². The van der Waals surface area contributed by atoms with Crippen LogP contribution in [0.3, 0.4) is 0 Å². The van der Waals surface area contributed by atoms with Gasteiger partial charge < -0.3 is 10.1 Å². The molecule has 0 bridgehead atoms. The van der Waals surface area contributed by atoms with Crippen LogP contribution >= 0.6 is 0 Å². The van der Waals surface area contributed by atoms with Crippen molar-refractivity contribution in [3.63, 3.8) is 0 Å². The van der Waals surface area contributed by atoms with Crippen molar-refractivity contribution in [2.45, 2.75) is 6.92 Å². The molecule has 0 saturated heterocycles. The lowest BCUT2D eigenvalue weighted by Gasteiger charge is -2.05. The molecule has 0 aliphatic heterocycles. The molecule has 1 aromatic heterocycles. The number of aromatic amines is 1. The third-order valence-corrected chi connectivity index (χ3v) is 2.17. The summed E-state index contributed by atoms with van der Waals surface area (Å²) in [6.07, 6.45) is 0. The van der Waals surface area contributed by atoms with Gasteiger partial charge in [0.05, 0.1) is 5.69 Å². The minimum Gasteiger partial charge on any atom is -0.507 e. The van der Waals surface area contributed by atoms with Crippen LogP contribution in [-0.2, 0) is 0 Å². The maximum atomic E-state index is 11.3. The molecule has 0 fully saturated rings. The van der Waals surface area contributed by atoms with Gasteiger partial charge in [-0.1, -0.05) is 12.1 Å². The summed E-state index contributed by atoms with van der Waals surface area (Å²) in [6.45, 7) is 1.81. The quantitative estimate of drug-likeness (QED) is 0.742. The number of aromatic nitrogens is 1. The number of phenols is 1. The number of rotatable bonds is 1. The van der Waals surface area contributed by atoms with Crippen molar-refractivity contribution in [1.29, 1.82) is 0 Å². The molecule has 2 N–H and O–H groups in total. The predicted molar refractivity (Wildman–Crippen MR) is 58.9 cm³/mol. The fraction of sp³-hybridized carbons (Fsp3) is 0.0833. The van der Waals surface area contributed by atoms with Crippen molar-refractivity contribution in [1.82, 2.24) is 4.98 Å². The molecule has 76 valence electrons. The second-order valence-corrected chi connectivity index (χ2v) is 3.43. The Bertz CT molecular complexity index is 543. The highest BCUT2D eigenvalue weighted by Crippen LogP contribution is 2.25. The van der Waals surface area contributed by atoms with Crippen LogP contribution < -0.4 is 5.43 Å². The summed E-state index contributed by atoms with van der Waals surface area (Å²) >= 11 is 0. The largest absolute Gasteiger partial charge is 0.507 e. The van der Waals surface area contributed by atoms with Crippen molar-refractivity contribution < 1.29 is 5.11 Å². The van der Waals surface area contributed by atoms with E-state index in [1.807, 2.05) is 13.0 Å². The lowest BCUT2D eigenvalue weighted by atomic mass is 10.1. The van der Waals surface area contributed by atoms with Gasteiger partial charge in [0.2, 0.25) is 0 Å². The number of benzene rings is 1. The number of nitrogens with one attached hydrogen (secondary N) is 1. The zero-order valence-corrected chi connectivity index (χ0v) is 8.32. The van der Waals surface area contributed by atoms with Gasteiger partial charge in [-0.05, 0) is 19.1 Å². The average molecular weight is 201 g/mol. The maximum Gasteiger partial charge on any atom is 0.182 e. The van der Waals surface area contributed by atoms with E-state index >= 15 is 0 Å². The molecule has 1 aromatic carbocycles. The van der Waals surface area contributed by atoms with Crippen molar-refractivity contribution in [3.8, 4) is 17.0 Å². The number of hydrogen-bond acceptors (Lipinski definition) is 2. The zero-order chi connectivity index (χ0) is 10.8. The molecule has 0 amide bonds. The van der Waals surface area contributed by atoms with Gasteiger partial charge in [-0.25, -0.2) is 0 Å². The minimum atomic E-state index is -0.0653. The van der Waals surface area contributed by atoms with E-state index < -0.39 is 0 Å². The molecule has 0 atom stereocenters. The first-order chi connectivity index (χ1) is 7.16. The Kier molecular flexibility index (Phi) is 2.29. The molecule has 2 aromatic rings. The molecule has 1 heterocycles. The molecule has 0 aliphatic rings. The Morgan fingerprint density at radius 2 is 1.93 bits per heavy atom. The van der Waals surface area contributed by atoms with Crippen LogP contribution in [0.1, 0.15) is 5.69 Å². The van der Waals surface area contributed by atoms with Crippen LogP contribution in [0, 0.1) is 6.92 Å². The lowest BCUT2D eigenvalue weighted by Crippen LogP contribution is -2.01. The van der Waals surface area contributed by atoms with Gasteiger partial charge in [-0.2, -0.15) is 0 Å². The predicted octanol–water partition coefficient (Wildman–Crippen LogP) is 2.06. The van der Waals surface area contributed by atoms with Crippen LogP contribution in [0.25, 0.3) is 11.3 Å². The minimum absolute atomic E-state index is 0.0653. The Balaban J connectivity index is 2.64. The monoisotopic (exact) mass is 201 g/mol. The second kappa shape index (κ2) is 3.61. The van der Waals surface area contributed by atoms with Gasteiger partial charge in [0.25, 0.3) is 0 Å². The summed E-state index contributed by atoms with van der Waals surface area (Å²) in [6, 6.07) is 9.91. The highest BCUT2D eigenvalue weighted by molar-refractivity contribution is 5.66. The summed E-state index contributed by atoms with van der Waals surface area (Å²) in [5.74, 6) is 0.166. The first kappa shape index (κ1) is 9.52. The summed E-state index contributed by atoms with van der Waals surface area (Å²) in [4.78, 5) is 14.3. The average Bonchev–Trinajstić information content (AvgIpc) is 2.16. The summed E-state index contributed by atoms with van der Waals surface area (Å²) in [7, 11) is 0. The van der Waals surface area contributed by atoms with Gasteiger partial charge in [0, 0.05) is 23.4 Å². The Morgan fingerprint density at radius 1 is 1.20 bits per heavy atom. The molecule has 3 nitrogen and oxygen atoms in total. The van der Waals surface area contributed by atoms with Gasteiger partial charge in [0.1, 0.15) is 5.75 Å². The number of H-pyrrole nitrogens is 1. The normalized spacial score (nSPS) is 10.2. The van der Waals surface area contributed by atoms with E-state index in [-0.39, 0.29) is 11.2 Å². The Morgan fingerprint density at radius 3 is 2.60 bits per heavy atom. The summed E-state index contributed by atoms with van der Waals surface area (Å²) in [5, 5.41) is 9.62. The highest BCUT2D eigenvalue weighted by Gasteiger charge is 2.04. The zero-order valence-electron chi connectivity index (χ0n) is 8.32. The molecule has 0 saturated carbocycles. The Labute approximate surface area is 87.0 Å². The maximum absolute atomic E-state index is 11.3. The fourth-order valence-electron chi connectivity index (χ4n) is 1.53. The first-order valence-corrected chi connectivity index (χ1v) is 4.66. The first-order valence-electron chi connectivity index (χ1n) is 4.66. The van der Waals surface area contributed by atoms with Crippen molar-refractivity contribution >= 4 is 0 Å². The third kappa shape index (κ3) is 1.91. The summed E-state index contributed by atoms with van der Waals surface area (Å²) in [5.41, 5.74) is 1.99. The van der Waals surface area contributed by atoms with Crippen LogP contribution in [-0.4, -0.2) is 10.1 Å². The second-order valence-electron chi connectivity index (χ2n) is 3.43. The lowest BCUT2D eigenvalue weighted by molar-refractivity contribution is 0.477. The molecule has 0 aliphatic carbocycles. The fourth-order valence-corrected chi connectivity index (χ4v) is 1.53. The van der Waals surface area contributed by atoms with Gasteiger partial charge in [0.15, 0.2) is 5.43 Å². The molecule has 15 heavy (non-hydrogen) atoms.